The summed E-state index contributed by atoms with van der Waals surface area (Å²) in [6.45, 7) is 4.08. The van der Waals surface area contributed by atoms with Gasteiger partial charge < -0.3 is 27.9 Å². The lowest BCUT2D eigenvalue weighted by Gasteiger charge is -2.28. The Morgan fingerprint density at radius 3 is 1.12 bits per heavy atom. The number of allylic oxidation sites excluding steroid dienone is 22. The van der Waals surface area contributed by atoms with Gasteiger partial charge in [-0.05, 0) is 116 Å². The highest BCUT2D eigenvalue weighted by Gasteiger charge is 2.21. The van der Waals surface area contributed by atoms with Crippen LogP contribution in [-0.4, -0.2) is 70.0 Å². The largest absolute Gasteiger partial charge is 0.756 e. The van der Waals surface area contributed by atoms with Gasteiger partial charge in [0.15, 0.2) is 6.10 Å². The van der Waals surface area contributed by atoms with Gasteiger partial charge in [0, 0.05) is 12.8 Å². The van der Waals surface area contributed by atoms with Crippen LogP contribution in [0, 0.1) is 0 Å². The summed E-state index contributed by atoms with van der Waals surface area (Å²) in [5.41, 5.74) is 0. The van der Waals surface area contributed by atoms with Crippen molar-refractivity contribution >= 4 is 19.8 Å². The molecule has 0 aliphatic rings. The molecule has 0 aliphatic carbocycles. The second kappa shape index (κ2) is 56.9. The third kappa shape index (κ3) is 61.2. The number of phosphoric ester groups is 1. The van der Waals surface area contributed by atoms with Crippen LogP contribution in [0.2, 0.25) is 0 Å². The number of nitrogens with zero attached hydrogens (tertiary/aromatic N) is 1. The Kier molecular flexibility index (Phi) is 54.0. The van der Waals surface area contributed by atoms with Crippen LogP contribution in [-0.2, 0) is 32.7 Å². The van der Waals surface area contributed by atoms with Crippen molar-refractivity contribution in [2.24, 2.45) is 0 Å². The molecule has 77 heavy (non-hydrogen) atoms. The second-order valence-corrected chi connectivity index (χ2v) is 22.4. The third-order valence-electron chi connectivity index (χ3n) is 12.4. The Morgan fingerprint density at radius 1 is 0.416 bits per heavy atom. The maximum atomic E-state index is 12.8. The lowest BCUT2D eigenvalue weighted by atomic mass is 10.1. The van der Waals surface area contributed by atoms with E-state index in [0.717, 1.165) is 135 Å². The number of hydrogen-bond acceptors (Lipinski definition) is 8. The molecule has 0 heterocycles. The van der Waals surface area contributed by atoms with Crippen molar-refractivity contribution in [3.8, 4) is 0 Å². The van der Waals surface area contributed by atoms with Gasteiger partial charge in [0.1, 0.15) is 19.8 Å². The minimum absolute atomic E-state index is 0.0418. The van der Waals surface area contributed by atoms with Gasteiger partial charge in [0.05, 0.1) is 27.7 Å². The molecule has 10 heteroatoms. The first-order chi connectivity index (χ1) is 37.5. The highest BCUT2D eigenvalue weighted by atomic mass is 31.2. The minimum atomic E-state index is -4.65. The fraction of sp³-hybridized carbons (Fsp3) is 0.642. The van der Waals surface area contributed by atoms with E-state index in [1.165, 1.54) is 51.4 Å². The lowest BCUT2D eigenvalue weighted by Crippen LogP contribution is -2.37. The lowest BCUT2D eigenvalue weighted by molar-refractivity contribution is -0.870. The van der Waals surface area contributed by atoms with E-state index in [-0.39, 0.29) is 26.1 Å². The zero-order valence-corrected chi connectivity index (χ0v) is 50.5. The van der Waals surface area contributed by atoms with Crippen molar-refractivity contribution in [2.75, 3.05) is 47.5 Å². The van der Waals surface area contributed by atoms with E-state index in [2.05, 4.69) is 148 Å². The zero-order chi connectivity index (χ0) is 56.3. The average molecular weight is 1090 g/mol. The van der Waals surface area contributed by atoms with Gasteiger partial charge >= 0.3 is 11.9 Å². The molecule has 0 radical (unpaired) electrons. The number of esters is 2. The van der Waals surface area contributed by atoms with E-state index >= 15 is 0 Å². The minimum Gasteiger partial charge on any atom is -0.756 e. The summed E-state index contributed by atoms with van der Waals surface area (Å²) in [5, 5.41) is 0. The molecule has 2 atom stereocenters. The Hall–Kier alpha value is -3.85. The Bertz CT molecular complexity index is 1760. The van der Waals surface area contributed by atoms with Crippen molar-refractivity contribution in [1.82, 2.24) is 0 Å². The maximum absolute atomic E-state index is 12.8. The van der Waals surface area contributed by atoms with Crippen LogP contribution < -0.4 is 4.89 Å². The molecule has 438 valence electrons. The normalized spacial score (nSPS) is 14.2. The van der Waals surface area contributed by atoms with E-state index in [1.54, 1.807) is 0 Å². The van der Waals surface area contributed by atoms with Crippen molar-refractivity contribution in [2.45, 2.75) is 232 Å². The van der Waals surface area contributed by atoms with Crippen LogP contribution >= 0.6 is 7.82 Å². The maximum Gasteiger partial charge on any atom is 0.306 e. The van der Waals surface area contributed by atoms with Gasteiger partial charge in [0.2, 0.25) is 0 Å². The fourth-order valence-electron chi connectivity index (χ4n) is 7.74. The summed E-state index contributed by atoms with van der Waals surface area (Å²) in [6, 6.07) is 0. The summed E-state index contributed by atoms with van der Waals surface area (Å²) >= 11 is 0. The standard InChI is InChI=1S/C67H112NO8P/c1-6-8-10-12-14-16-18-20-22-24-25-26-27-28-29-30-31-32-33-34-35-36-37-38-39-40-41-42-43-44-46-48-50-52-54-56-58-60-67(70)76-65(64-75-77(71,72)74-62-61-68(3,4)5)63-73-66(69)59-57-55-53-51-49-47-45-23-21-19-17-15-13-11-9-7-2/h8,10,14,16,20,22-23,25-26,28-29,31-32,34-35,37-38,40-41,43-45,65H,6-7,9,11-13,15,17-19,21,24,27,30,33,36,39,42,46-64H2,1-5H3/b10-8-,16-14-,22-20-,26-25-,29-28-,32-31-,35-34-,38-37-,41-40-,44-43-,45-23-. The summed E-state index contributed by atoms with van der Waals surface area (Å²) in [7, 11) is 1.13. The topological polar surface area (TPSA) is 111 Å². The van der Waals surface area contributed by atoms with Gasteiger partial charge in [-0.3, -0.25) is 14.2 Å². The van der Waals surface area contributed by atoms with Crippen LogP contribution in [0.1, 0.15) is 226 Å². The molecule has 0 aromatic rings. The Balaban J connectivity index is 4.19. The summed E-state index contributed by atoms with van der Waals surface area (Å²) in [6.07, 6.45) is 82.2. The molecule has 0 aromatic carbocycles. The number of unbranched alkanes of at least 4 members (excludes halogenated alkanes) is 18. The molecule has 0 aromatic heterocycles. The first-order valence-corrected chi connectivity index (χ1v) is 31.9. The monoisotopic (exact) mass is 1090 g/mol. The number of likely N-dealkylation sites (N-methyl/N-ethyl adjacent to an activating group) is 1. The number of carbonyl (C=O) groups is 2. The molecule has 9 nitrogen and oxygen atoms in total. The number of ether oxygens (including phenoxy) is 2. The molecular formula is C67H112NO8P. The first kappa shape index (κ1) is 73.2. The van der Waals surface area contributed by atoms with Crippen LogP contribution in [0.15, 0.2) is 134 Å². The molecule has 0 spiro atoms. The molecule has 0 rings (SSSR count). The summed E-state index contributed by atoms with van der Waals surface area (Å²) in [4.78, 5) is 37.8. The highest BCUT2D eigenvalue weighted by Crippen LogP contribution is 2.38. The van der Waals surface area contributed by atoms with Gasteiger partial charge in [-0.15, -0.1) is 0 Å². The van der Waals surface area contributed by atoms with Crippen LogP contribution in [0.25, 0.3) is 0 Å². The highest BCUT2D eigenvalue weighted by molar-refractivity contribution is 7.45. The van der Waals surface area contributed by atoms with Crippen LogP contribution in [0.4, 0.5) is 0 Å². The molecule has 0 fully saturated rings. The number of rotatable bonds is 54. The fourth-order valence-corrected chi connectivity index (χ4v) is 8.47. The van der Waals surface area contributed by atoms with Crippen LogP contribution in [0.3, 0.4) is 0 Å². The smallest absolute Gasteiger partial charge is 0.306 e. The van der Waals surface area contributed by atoms with Gasteiger partial charge in [-0.1, -0.05) is 231 Å². The van der Waals surface area contributed by atoms with E-state index in [4.69, 9.17) is 18.5 Å². The van der Waals surface area contributed by atoms with Crippen molar-refractivity contribution in [1.29, 1.82) is 0 Å². The van der Waals surface area contributed by atoms with E-state index in [1.807, 2.05) is 21.1 Å². The van der Waals surface area contributed by atoms with E-state index in [0.29, 0.717) is 23.9 Å². The number of quaternary nitrogens is 1. The van der Waals surface area contributed by atoms with Crippen molar-refractivity contribution < 1.29 is 42.1 Å². The quantitative estimate of drug-likeness (QED) is 0.0195. The molecule has 0 amide bonds. The molecular weight excluding hydrogens is 978 g/mol. The molecule has 0 saturated carbocycles. The zero-order valence-electron chi connectivity index (χ0n) is 49.6. The van der Waals surface area contributed by atoms with Crippen molar-refractivity contribution in [3.63, 3.8) is 0 Å². The average Bonchev–Trinajstić information content (AvgIpc) is 3.39. The summed E-state index contributed by atoms with van der Waals surface area (Å²) in [5.74, 6) is -0.868. The van der Waals surface area contributed by atoms with Gasteiger partial charge in [0.25, 0.3) is 7.82 Å². The number of hydrogen-bond donors (Lipinski definition) is 0. The second-order valence-electron chi connectivity index (χ2n) is 21.0. The Labute approximate surface area is 472 Å². The molecule has 0 bridgehead atoms. The molecule has 2 unspecified atom stereocenters. The number of carbonyl (C=O) groups excluding carboxylic acids is 2. The predicted molar refractivity (Wildman–Crippen MR) is 327 cm³/mol. The third-order valence-corrected chi connectivity index (χ3v) is 13.4. The molecule has 0 N–H and O–H groups in total. The summed E-state index contributed by atoms with van der Waals surface area (Å²) < 4.78 is 34.1. The van der Waals surface area contributed by atoms with E-state index in [9.17, 15) is 19.0 Å². The Morgan fingerprint density at radius 2 is 0.740 bits per heavy atom. The molecule has 0 saturated heterocycles. The number of phosphoric acid groups is 1. The van der Waals surface area contributed by atoms with Gasteiger partial charge in [-0.2, -0.15) is 0 Å². The van der Waals surface area contributed by atoms with E-state index < -0.39 is 32.5 Å². The SMILES string of the molecule is CC/C=C\C/C=C\C/C=C\C/C=C\C/C=C\C/C=C\C/C=C\C/C=C\C/C=C\C/C=C\CCCCCCCCC(=O)OC(COC(=O)CCCCCCC/C=C\CCCCCCCCC)COP(=O)([O-])OCC[N+](C)(C)C. The van der Waals surface area contributed by atoms with Crippen molar-refractivity contribution in [3.05, 3.63) is 134 Å². The van der Waals surface area contributed by atoms with Crippen LogP contribution in [0.5, 0.6) is 0 Å². The first-order valence-electron chi connectivity index (χ1n) is 30.4. The molecule has 0 aliphatic heterocycles. The predicted octanol–water partition coefficient (Wildman–Crippen LogP) is 18.7. The van der Waals surface area contributed by atoms with Gasteiger partial charge in [-0.25, -0.2) is 0 Å².